The van der Waals surface area contributed by atoms with Gasteiger partial charge in [-0.1, -0.05) is 13.3 Å². The van der Waals surface area contributed by atoms with Gasteiger partial charge < -0.3 is 10.6 Å². The number of carbonyl (C=O) groups excluding carboxylic acids is 1. The van der Waals surface area contributed by atoms with Gasteiger partial charge >= 0.3 is 0 Å². The van der Waals surface area contributed by atoms with E-state index in [4.69, 9.17) is 0 Å². The second kappa shape index (κ2) is 5.23. The molecule has 2 saturated carbocycles. The minimum atomic E-state index is 0.0615. The van der Waals surface area contributed by atoms with Crippen LogP contribution in [0.1, 0.15) is 39.0 Å². The fourth-order valence-electron chi connectivity index (χ4n) is 2.75. The van der Waals surface area contributed by atoms with Gasteiger partial charge in [0.25, 0.3) is 0 Å². The zero-order chi connectivity index (χ0) is 13.2. The Hall–Kier alpha value is -1.52. The van der Waals surface area contributed by atoms with E-state index in [0.717, 1.165) is 24.4 Å². The lowest BCUT2D eigenvalue weighted by Gasteiger charge is -2.16. The predicted molar refractivity (Wildman–Crippen MR) is 73.8 cm³/mol. The Balaban J connectivity index is 1.52. The van der Waals surface area contributed by atoms with E-state index < -0.39 is 0 Å². The molecule has 2 fully saturated rings. The third-order valence-corrected chi connectivity index (χ3v) is 4.09. The topological polar surface area (TPSA) is 59.0 Å². The number of carbonyl (C=O) groups is 1. The van der Waals surface area contributed by atoms with Gasteiger partial charge in [-0.3, -0.25) is 9.48 Å². The first-order valence-corrected chi connectivity index (χ1v) is 7.29. The first kappa shape index (κ1) is 12.5. The molecule has 2 aliphatic rings. The molecule has 3 rings (SSSR count). The lowest BCUT2D eigenvalue weighted by molar-refractivity contribution is -0.122. The van der Waals surface area contributed by atoms with Crippen LogP contribution in [-0.4, -0.2) is 27.8 Å². The molecule has 19 heavy (non-hydrogen) atoms. The van der Waals surface area contributed by atoms with Crippen molar-refractivity contribution in [2.24, 2.45) is 5.92 Å². The van der Waals surface area contributed by atoms with E-state index in [9.17, 15) is 4.79 Å². The Morgan fingerprint density at radius 3 is 2.95 bits per heavy atom. The molecule has 2 atom stereocenters. The number of amides is 1. The fourth-order valence-corrected chi connectivity index (χ4v) is 2.75. The van der Waals surface area contributed by atoms with Crippen molar-refractivity contribution in [1.82, 2.24) is 15.1 Å². The van der Waals surface area contributed by atoms with Crippen LogP contribution in [0.15, 0.2) is 12.4 Å². The van der Waals surface area contributed by atoms with Crippen LogP contribution in [0.2, 0.25) is 0 Å². The molecule has 2 unspecified atom stereocenters. The normalized spacial score (nSPS) is 26.4. The van der Waals surface area contributed by atoms with E-state index in [1.54, 1.807) is 4.68 Å². The van der Waals surface area contributed by atoms with Crippen LogP contribution in [0.25, 0.3) is 0 Å². The van der Waals surface area contributed by atoms with Crippen LogP contribution in [-0.2, 0) is 11.3 Å². The van der Waals surface area contributed by atoms with Crippen molar-refractivity contribution in [3.8, 4) is 0 Å². The highest BCUT2D eigenvalue weighted by Crippen LogP contribution is 2.27. The highest BCUT2D eigenvalue weighted by molar-refractivity contribution is 5.76. The zero-order valence-electron chi connectivity index (χ0n) is 11.4. The number of nitrogens with zero attached hydrogens (tertiary/aromatic N) is 2. The van der Waals surface area contributed by atoms with Crippen molar-refractivity contribution in [1.29, 1.82) is 0 Å². The maximum absolute atomic E-state index is 11.7. The van der Waals surface area contributed by atoms with E-state index in [2.05, 4.69) is 22.7 Å². The molecule has 0 aliphatic heterocycles. The Labute approximate surface area is 113 Å². The number of nitrogens with one attached hydrogen (secondary N) is 2. The highest BCUT2D eigenvalue weighted by atomic mass is 16.2. The Bertz CT molecular complexity index is 452. The molecule has 5 heteroatoms. The molecule has 104 valence electrons. The van der Waals surface area contributed by atoms with E-state index in [-0.39, 0.29) is 5.91 Å². The summed E-state index contributed by atoms with van der Waals surface area (Å²) >= 11 is 0. The second-order valence-corrected chi connectivity index (χ2v) is 5.93. The molecular weight excluding hydrogens is 240 g/mol. The van der Waals surface area contributed by atoms with Crippen molar-refractivity contribution in [3.63, 3.8) is 0 Å². The molecule has 0 saturated heterocycles. The van der Waals surface area contributed by atoms with Crippen molar-refractivity contribution in [2.45, 2.75) is 57.7 Å². The van der Waals surface area contributed by atoms with Crippen molar-refractivity contribution >= 4 is 11.6 Å². The maximum Gasteiger partial charge on any atom is 0.241 e. The molecule has 0 bridgehead atoms. The molecule has 2 N–H and O–H groups in total. The minimum Gasteiger partial charge on any atom is -0.380 e. The summed E-state index contributed by atoms with van der Waals surface area (Å²) in [6.07, 6.45) is 9.82. The summed E-state index contributed by atoms with van der Waals surface area (Å²) in [7, 11) is 0. The van der Waals surface area contributed by atoms with Gasteiger partial charge in [-0.05, 0) is 31.6 Å². The third-order valence-electron chi connectivity index (χ3n) is 4.09. The fraction of sp³-hybridized carbons (Fsp3) is 0.714. The van der Waals surface area contributed by atoms with Gasteiger partial charge in [0, 0.05) is 18.3 Å². The summed E-state index contributed by atoms with van der Waals surface area (Å²) in [6, 6.07) is 0.970. The van der Waals surface area contributed by atoms with E-state index in [0.29, 0.717) is 18.6 Å². The molecular formula is C14H22N4O. The molecule has 2 aliphatic carbocycles. The maximum atomic E-state index is 11.7. The van der Waals surface area contributed by atoms with E-state index in [1.165, 1.54) is 19.3 Å². The molecule has 5 nitrogen and oxygen atoms in total. The number of hydrogen-bond donors (Lipinski definition) is 2. The van der Waals surface area contributed by atoms with Gasteiger partial charge in [0.05, 0.1) is 11.9 Å². The van der Waals surface area contributed by atoms with Crippen LogP contribution in [0.3, 0.4) is 0 Å². The quantitative estimate of drug-likeness (QED) is 0.850. The number of aromatic nitrogens is 2. The number of hydrogen-bond acceptors (Lipinski definition) is 3. The smallest absolute Gasteiger partial charge is 0.241 e. The summed E-state index contributed by atoms with van der Waals surface area (Å²) in [4.78, 5) is 11.7. The molecule has 1 aromatic rings. The van der Waals surface area contributed by atoms with Crippen LogP contribution < -0.4 is 10.6 Å². The van der Waals surface area contributed by atoms with Crippen LogP contribution in [0.5, 0.6) is 0 Å². The average Bonchev–Trinajstić information content (AvgIpc) is 2.92. The van der Waals surface area contributed by atoms with Crippen molar-refractivity contribution in [2.75, 3.05) is 5.32 Å². The van der Waals surface area contributed by atoms with E-state index >= 15 is 0 Å². The Kier molecular flexibility index (Phi) is 3.44. The van der Waals surface area contributed by atoms with Gasteiger partial charge in [-0.15, -0.1) is 0 Å². The van der Waals surface area contributed by atoms with Crippen LogP contribution >= 0.6 is 0 Å². The molecule has 1 aromatic heterocycles. The molecule has 0 aromatic carbocycles. The predicted octanol–water partition coefficient (Wildman–Crippen LogP) is 1.76. The van der Waals surface area contributed by atoms with Crippen molar-refractivity contribution < 1.29 is 4.79 Å². The standard InChI is InChI=1S/C14H22N4O/c1-10-3-2-4-13(10)16-12-7-15-18(8-12)9-14(19)17-11-5-6-11/h7-8,10-11,13,16H,2-6,9H2,1H3,(H,17,19). The average molecular weight is 262 g/mol. The summed E-state index contributed by atoms with van der Waals surface area (Å²) in [5.74, 6) is 0.785. The van der Waals surface area contributed by atoms with E-state index in [1.807, 2.05) is 12.4 Å². The number of rotatable bonds is 5. The van der Waals surface area contributed by atoms with Crippen LogP contribution in [0.4, 0.5) is 5.69 Å². The second-order valence-electron chi connectivity index (χ2n) is 5.93. The van der Waals surface area contributed by atoms with Crippen LogP contribution in [0, 0.1) is 5.92 Å². The monoisotopic (exact) mass is 262 g/mol. The van der Waals surface area contributed by atoms with Gasteiger partial charge in [-0.2, -0.15) is 5.10 Å². The van der Waals surface area contributed by atoms with Gasteiger partial charge in [-0.25, -0.2) is 0 Å². The van der Waals surface area contributed by atoms with Gasteiger partial charge in [0.2, 0.25) is 5.91 Å². The van der Waals surface area contributed by atoms with Gasteiger partial charge in [0.1, 0.15) is 6.54 Å². The largest absolute Gasteiger partial charge is 0.380 e. The first-order valence-electron chi connectivity index (χ1n) is 7.29. The third kappa shape index (κ3) is 3.28. The van der Waals surface area contributed by atoms with Gasteiger partial charge in [0.15, 0.2) is 0 Å². The lowest BCUT2D eigenvalue weighted by Crippen LogP contribution is -2.29. The highest BCUT2D eigenvalue weighted by Gasteiger charge is 2.24. The minimum absolute atomic E-state index is 0.0615. The number of anilines is 1. The Morgan fingerprint density at radius 2 is 2.26 bits per heavy atom. The summed E-state index contributed by atoms with van der Waals surface area (Å²) in [5, 5.41) is 10.7. The molecule has 1 amide bonds. The summed E-state index contributed by atoms with van der Waals surface area (Å²) in [5.41, 5.74) is 1.03. The first-order chi connectivity index (χ1) is 9.20. The summed E-state index contributed by atoms with van der Waals surface area (Å²) < 4.78 is 1.71. The Morgan fingerprint density at radius 1 is 1.42 bits per heavy atom. The molecule has 1 heterocycles. The SMILES string of the molecule is CC1CCCC1Nc1cnn(CC(=O)NC2CC2)c1. The lowest BCUT2D eigenvalue weighted by atomic mass is 10.1. The summed E-state index contributed by atoms with van der Waals surface area (Å²) in [6.45, 7) is 2.61. The van der Waals surface area contributed by atoms with Crippen molar-refractivity contribution in [3.05, 3.63) is 12.4 Å². The zero-order valence-corrected chi connectivity index (χ0v) is 11.4. The molecule has 0 radical (unpaired) electrons. The molecule has 0 spiro atoms.